The van der Waals surface area contributed by atoms with E-state index in [0.29, 0.717) is 0 Å². The molecule has 60 valence electrons. The molecule has 0 saturated heterocycles. The highest BCUT2D eigenvalue weighted by Crippen LogP contribution is 2.27. The van der Waals surface area contributed by atoms with E-state index in [2.05, 4.69) is 6.92 Å². The van der Waals surface area contributed by atoms with Gasteiger partial charge in [0.05, 0.1) is 6.10 Å². The number of rotatable bonds is 2. The second-order valence-corrected chi connectivity index (χ2v) is 3.48. The van der Waals surface area contributed by atoms with Crippen molar-refractivity contribution >= 4 is 0 Å². The summed E-state index contributed by atoms with van der Waals surface area (Å²) in [6.45, 7) is 2.22. The highest BCUT2D eigenvalue weighted by Gasteiger charge is 2.18. The fourth-order valence-corrected chi connectivity index (χ4v) is 1.93. The first kappa shape index (κ1) is 8.06. The molecule has 1 nitrogen and oxygen atoms in total. The van der Waals surface area contributed by atoms with Crippen molar-refractivity contribution in [1.82, 2.24) is 0 Å². The van der Waals surface area contributed by atoms with Crippen molar-refractivity contribution in [1.29, 1.82) is 0 Å². The van der Waals surface area contributed by atoms with E-state index in [0.717, 1.165) is 18.8 Å². The third kappa shape index (κ3) is 2.30. The molecule has 1 heteroatoms. The molecule has 0 aromatic rings. The van der Waals surface area contributed by atoms with E-state index < -0.39 is 0 Å². The van der Waals surface area contributed by atoms with Gasteiger partial charge in [0, 0.05) is 0 Å². The molecule has 0 heterocycles. The number of aliphatic hydroxyl groups excluding tert-OH is 1. The van der Waals surface area contributed by atoms with Gasteiger partial charge in [-0.05, 0) is 18.8 Å². The Kier molecular flexibility index (Phi) is 3.20. The van der Waals surface area contributed by atoms with Gasteiger partial charge >= 0.3 is 0 Å². The molecule has 1 saturated carbocycles. The third-order valence-electron chi connectivity index (χ3n) is 2.45. The fourth-order valence-electron chi connectivity index (χ4n) is 1.93. The Labute approximate surface area is 63.4 Å². The van der Waals surface area contributed by atoms with Crippen LogP contribution in [0.25, 0.3) is 0 Å². The minimum absolute atomic E-state index is 0.0188. The molecule has 1 aliphatic carbocycles. The van der Waals surface area contributed by atoms with Crippen molar-refractivity contribution in [2.75, 3.05) is 0 Å². The molecule has 0 aliphatic heterocycles. The van der Waals surface area contributed by atoms with Gasteiger partial charge in [-0.3, -0.25) is 0 Å². The highest BCUT2D eigenvalue weighted by atomic mass is 16.3. The Morgan fingerprint density at radius 3 is 2.80 bits per heavy atom. The molecule has 1 N–H and O–H groups in total. The van der Waals surface area contributed by atoms with Crippen molar-refractivity contribution in [2.24, 2.45) is 5.92 Å². The Morgan fingerprint density at radius 1 is 1.40 bits per heavy atom. The molecule has 1 aliphatic rings. The minimum atomic E-state index is 0.0188. The summed E-state index contributed by atoms with van der Waals surface area (Å²) in [4.78, 5) is 0. The van der Waals surface area contributed by atoms with Crippen molar-refractivity contribution in [3.05, 3.63) is 0 Å². The van der Waals surface area contributed by atoms with Gasteiger partial charge in [0.15, 0.2) is 0 Å². The van der Waals surface area contributed by atoms with E-state index in [1.165, 1.54) is 25.7 Å². The topological polar surface area (TPSA) is 20.2 Å². The lowest BCUT2D eigenvalue weighted by Gasteiger charge is -2.25. The molecule has 0 spiro atoms. The first-order valence-electron chi connectivity index (χ1n) is 4.51. The summed E-state index contributed by atoms with van der Waals surface area (Å²) < 4.78 is 0. The summed E-state index contributed by atoms with van der Waals surface area (Å²) in [6, 6.07) is 0. The van der Waals surface area contributed by atoms with Crippen LogP contribution in [0, 0.1) is 5.92 Å². The maximum absolute atomic E-state index is 9.31. The highest BCUT2D eigenvalue weighted by molar-refractivity contribution is 4.71. The molecule has 0 radical (unpaired) electrons. The first-order valence-corrected chi connectivity index (χ1v) is 4.51. The zero-order valence-electron chi connectivity index (χ0n) is 6.84. The molecule has 0 aromatic heterocycles. The Hall–Kier alpha value is -0.0400. The summed E-state index contributed by atoms with van der Waals surface area (Å²) >= 11 is 0. The summed E-state index contributed by atoms with van der Waals surface area (Å²) in [7, 11) is 0. The van der Waals surface area contributed by atoms with E-state index in [-0.39, 0.29) is 6.10 Å². The second kappa shape index (κ2) is 3.97. The van der Waals surface area contributed by atoms with Gasteiger partial charge in [0.25, 0.3) is 0 Å². The van der Waals surface area contributed by atoms with Crippen LogP contribution in [0.1, 0.15) is 45.4 Å². The molecule has 1 rings (SSSR count). The number of aliphatic hydroxyl groups is 1. The largest absolute Gasteiger partial charge is 0.393 e. The SMILES string of the molecule is CCC[C@H]1CCC[C@@H](O)C1. The standard InChI is InChI=1S/C9H18O/c1-2-4-8-5-3-6-9(10)7-8/h8-10H,2-7H2,1H3/t8-,9+/m0/s1. The summed E-state index contributed by atoms with van der Waals surface area (Å²) in [5.41, 5.74) is 0. The molecule has 2 atom stereocenters. The molecular formula is C9H18O. The lowest BCUT2D eigenvalue weighted by atomic mass is 9.85. The van der Waals surface area contributed by atoms with Crippen molar-refractivity contribution in [3.8, 4) is 0 Å². The van der Waals surface area contributed by atoms with E-state index >= 15 is 0 Å². The van der Waals surface area contributed by atoms with Gasteiger partial charge in [-0.25, -0.2) is 0 Å². The van der Waals surface area contributed by atoms with Crippen LogP contribution in [0.2, 0.25) is 0 Å². The summed E-state index contributed by atoms with van der Waals surface area (Å²) in [5.74, 6) is 0.828. The average Bonchev–Trinajstić information content (AvgIpc) is 1.88. The zero-order chi connectivity index (χ0) is 7.40. The molecule has 0 amide bonds. The lowest BCUT2D eigenvalue weighted by molar-refractivity contribution is 0.0981. The first-order chi connectivity index (χ1) is 4.83. The Morgan fingerprint density at radius 2 is 2.20 bits per heavy atom. The maximum atomic E-state index is 9.31. The summed E-state index contributed by atoms with van der Waals surface area (Å²) in [5, 5.41) is 9.31. The normalized spacial score (nSPS) is 34.2. The quantitative estimate of drug-likeness (QED) is 0.627. The van der Waals surface area contributed by atoms with Gasteiger partial charge in [-0.1, -0.05) is 32.6 Å². The molecule has 0 aromatic carbocycles. The smallest absolute Gasteiger partial charge is 0.0542 e. The summed E-state index contributed by atoms with van der Waals surface area (Å²) in [6.07, 6.45) is 7.31. The minimum Gasteiger partial charge on any atom is -0.393 e. The van der Waals surface area contributed by atoms with E-state index in [1.54, 1.807) is 0 Å². The molecule has 10 heavy (non-hydrogen) atoms. The number of hydrogen-bond acceptors (Lipinski definition) is 1. The van der Waals surface area contributed by atoms with Crippen molar-refractivity contribution < 1.29 is 5.11 Å². The van der Waals surface area contributed by atoms with E-state index in [1.807, 2.05) is 0 Å². The second-order valence-electron chi connectivity index (χ2n) is 3.48. The van der Waals surface area contributed by atoms with Gasteiger partial charge in [-0.15, -0.1) is 0 Å². The number of hydrogen-bond donors (Lipinski definition) is 1. The van der Waals surface area contributed by atoms with E-state index in [9.17, 15) is 5.11 Å². The maximum Gasteiger partial charge on any atom is 0.0542 e. The van der Waals surface area contributed by atoms with Crippen LogP contribution >= 0.6 is 0 Å². The van der Waals surface area contributed by atoms with Crippen LogP contribution in [0.3, 0.4) is 0 Å². The van der Waals surface area contributed by atoms with Gasteiger partial charge in [-0.2, -0.15) is 0 Å². The van der Waals surface area contributed by atoms with E-state index in [4.69, 9.17) is 0 Å². The van der Waals surface area contributed by atoms with Gasteiger partial charge in [0.2, 0.25) is 0 Å². The Bertz CT molecular complexity index is 88.7. The predicted molar refractivity (Wildman–Crippen MR) is 42.9 cm³/mol. The predicted octanol–water partition coefficient (Wildman–Crippen LogP) is 2.34. The monoisotopic (exact) mass is 142 g/mol. The van der Waals surface area contributed by atoms with Crippen LogP contribution in [0.15, 0.2) is 0 Å². The average molecular weight is 142 g/mol. The molecule has 1 fully saturated rings. The lowest BCUT2D eigenvalue weighted by Crippen LogP contribution is -2.19. The Balaban J connectivity index is 2.18. The van der Waals surface area contributed by atoms with Crippen molar-refractivity contribution in [3.63, 3.8) is 0 Å². The van der Waals surface area contributed by atoms with Gasteiger partial charge < -0.3 is 5.11 Å². The van der Waals surface area contributed by atoms with Crippen molar-refractivity contribution in [2.45, 2.75) is 51.6 Å². The van der Waals surface area contributed by atoms with Crippen LogP contribution < -0.4 is 0 Å². The fraction of sp³-hybridized carbons (Fsp3) is 1.00. The molecule has 0 unspecified atom stereocenters. The zero-order valence-corrected chi connectivity index (χ0v) is 6.84. The third-order valence-corrected chi connectivity index (χ3v) is 2.45. The van der Waals surface area contributed by atoms with Crippen LogP contribution in [0.5, 0.6) is 0 Å². The molecular weight excluding hydrogens is 124 g/mol. The van der Waals surface area contributed by atoms with Gasteiger partial charge in [0.1, 0.15) is 0 Å². The van der Waals surface area contributed by atoms with Crippen LogP contribution in [-0.2, 0) is 0 Å². The molecule has 0 bridgehead atoms. The van der Waals surface area contributed by atoms with Crippen LogP contribution in [0.4, 0.5) is 0 Å². The van der Waals surface area contributed by atoms with Crippen LogP contribution in [-0.4, -0.2) is 11.2 Å².